The number of likely N-dealkylation sites (N-methyl/N-ethyl adjacent to an activating group) is 1. The van der Waals surface area contributed by atoms with Crippen molar-refractivity contribution in [2.24, 2.45) is 11.8 Å². The van der Waals surface area contributed by atoms with Crippen LogP contribution in [0.5, 0.6) is 0 Å². The van der Waals surface area contributed by atoms with Crippen LogP contribution in [0.3, 0.4) is 0 Å². The van der Waals surface area contributed by atoms with Crippen LogP contribution in [0.25, 0.3) is 0 Å². The smallest absolute Gasteiger partial charge is 0.303 e. The molecule has 0 aromatic heterocycles. The number of amides is 1. The Balaban J connectivity index is 0.00000354. The van der Waals surface area contributed by atoms with Gasteiger partial charge >= 0.3 is 11.9 Å². The van der Waals surface area contributed by atoms with Gasteiger partial charge in [0.15, 0.2) is 0 Å². The SMILES string of the molecule is CC(=O)O.CCCCC[C@@H](/C=C/[C@H]1[C@H](OC(C)=O)CC(=O)[C@@H]1C/C=C\CCCC(=O)NCCN(C)C)OC(C)=O. The molecule has 1 fully saturated rings. The van der Waals surface area contributed by atoms with Crippen molar-refractivity contribution in [2.45, 2.75) is 97.7 Å². The van der Waals surface area contributed by atoms with E-state index in [1.165, 1.54) is 13.8 Å². The number of ether oxygens (including phenoxy) is 2. The van der Waals surface area contributed by atoms with Gasteiger partial charge in [-0.15, -0.1) is 0 Å². The fraction of sp³-hybridized carbons (Fsp3) is 0.700. The van der Waals surface area contributed by atoms with Crippen LogP contribution in [-0.2, 0) is 33.4 Å². The number of nitrogens with one attached hydrogen (secondary N) is 1. The van der Waals surface area contributed by atoms with E-state index >= 15 is 0 Å². The van der Waals surface area contributed by atoms with Gasteiger partial charge in [-0.25, -0.2) is 0 Å². The molecule has 0 radical (unpaired) electrons. The number of esters is 2. The van der Waals surface area contributed by atoms with Gasteiger partial charge in [-0.1, -0.05) is 38.0 Å². The zero-order valence-electron chi connectivity index (χ0n) is 25.1. The number of aliphatic carboxylic acids is 1. The normalized spacial score (nSPS) is 19.4. The summed E-state index contributed by atoms with van der Waals surface area (Å²) in [6, 6.07) is 0. The van der Waals surface area contributed by atoms with Crippen molar-refractivity contribution >= 4 is 29.6 Å². The summed E-state index contributed by atoms with van der Waals surface area (Å²) in [4.78, 5) is 58.8. The lowest BCUT2D eigenvalue weighted by Crippen LogP contribution is -2.31. The molecule has 1 aliphatic rings. The maximum absolute atomic E-state index is 12.8. The highest BCUT2D eigenvalue weighted by molar-refractivity contribution is 5.85. The van der Waals surface area contributed by atoms with Crippen LogP contribution in [0, 0.1) is 11.8 Å². The van der Waals surface area contributed by atoms with Crippen molar-refractivity contribution in [1.29, 1.82) is 0 Å². The molecular weight excluding hydrogens is 516 g/mol. The number of unbranched alkanes of at least 4 members (excludes halogenated alkanes) is 3. The number of carbonyl (C=O) groups excluding carboxylic acids is 4. The number of carboxylic acids is 1. The first-order chi connectivity index (χ1) is 18.9. The average molecular weight is 567 g/mol. The topological polar surface area (TPSA) is 139 Å². The second-order valence-electron chi connectivity index (χ2n) is 10.3. The number of carbonyl (C=O) groups is 5. The van der Waals surface area contributed by atoms with Crippen LogP contribution < -0.4 is 5.32 Å². The van der Waals surface area contributed by atoms with E-state index in [0.717, 1.165) is 52.0 Å². The number of hydrogen-bond acceptors (Lipinski definition) is 8. The highest BCUT2D eigenvalue weighted by Crippen LogP contribution is 2.35. The Labute approximate surface area is 239 Å². The molecule has 0 heterocycles. The summed E-state index contributed by atoms with van der Waals surface area (Å²) in [5.41, 5.74) is 0. The van der Waals surface area contributed by atoms with Gasteiger partial charge in [-0.3, -0.25) is 24.0 Å². The Hall–Kier alpha value is -3.01. The Kier molecular flexibility index (Phi) is 20.1. The first kappa shape index (κ1) is 37.0. The molecule has 228 valence electrons. The molecular formula is C30H50N2O8. The van der Waals surface area contributed by atoms with E-state index in [1.54, 1.807) is 0 Å². The number of ketones is 1. The highest BCUT2D eigenvalue weighted by atomic mass is 16.5. The zero-order valence-corrected chi connectivity index (χ0v) is 25.1. The molecule has 1 saturated carbocycles. The molecule has 0 aromatic rings. The summed E-state index contributed by atoms with van der Waals surface area (Å²) < 4.78 is 10.9. The summed E-state index contributed by atoms with van der Waals surface area (Å²) in [7, 11) is 3.93. The maximum Gasteiger partial charge on any atom is 0.303 e. The molecule has 0 aromatic carbocycles. The fourth-order valence-electron chi connectivity index (χ4n) is 4.34. The summed E-state index contributed by atoms with van der Waals surface area (Å²) in [6.45, 7) is 7.39. The van der Waals surface area contributed by atoms with Gasteiger partial charge in [0.05, 0.1) is 0 Å². The van der Waals surface area contributed by atoms with Gasteiger partial charge in [0, 0.05) is 58.5 Å². The largest absolute Gasteiger partial charge is 0.481 e. The number of Topliss-reactive ketones (excluding diaryl/α,β-unsaturated/α-hetero) is 1. The van der Waals surface area contributed by atoms with E-state index in [0.29, 0.717) is 19.4 Å². The van der Waals surface area contributed by atoms with Crippen LogP contribution in [0.15, 0.2) is 24.3 Å². The van der Waals surface area contributed by atoms with Crippen molar-refractivity contribution in [3.63, 3.8) is 0 Å². The quantitative estimate of drug-likeness (QED) is 0.151. The van der Waals surface area contributed by atoms with E-state index in [4.69, 9.17) is 19.4 Å². The molecule has 1 rings (SSSR count). The van der Waals surface area contributed by atoms with Crippen LogP contribution in [-0.4, -0.2) is 79.0 Å². The second-order valence-corrected chi connectivity index (χ2v) is 10.3. The third kappa shape index (κ3) is 19.1. The lowest BCUT2D eigenvalue weighted by Gasteiger charge is -2.21. The summed E-state index contributed by atoms with van der Waals surface area (Å²) >= 11 is 0. The summed E-state index contributed by atoms with van der Waals surface area (Å²) in [6.07, 6.45) is 13.3. The molecule has 10 nitrogen and oxygen atoms in total. The number of allylic oxidation sites excluding steroid dienone is 2. The van der Waals surface area contributed by atoms with Crippen molar-refractivity contribution < 1.29 is 38.6 Å². The van der Waals surface area contributed by atoms with Crippen molar-refractivity contribution in [3.05, 3.63) is 24.3 Å². The molecule has 1 amide bonds. The third-order valence-electron chi connectivity index (χ3n) is 6.20. The minimum Gasteiger partial charge on any atom is -0.481 e. The molecule has 10 heteroatoms. The number of nitrogens with zero attached hydrogens (tertiary/aromatic N) is 1. The Bertz CT molecular complexity index is 849. The molecule has 0 unspecified atom stereocenters. The van der Waals surface area contributed by atoms with Gasteiger partial charge in [-0.2, -0.15) is 0 Å². The van der Waals surface area contributed by atoms with E-state index in [9.17, 15) is 19.2 Å². The lowest BCUT2D eigenvalue weighted by molar-refractivity contribution is -0.147. The molecule has 2 N–H and O–H groups in total. The zero-order chi connectivity index (χ0) is 30.5. The molecule has 1 aliphatic carbocycles. The highest BCUT2D eigenvalue weighted by Gasteiger charge is 2.42. The van der Waals surface area contributed by atoms with Gasteiger partial charge in [0.2, 0.25) is 5.91 Å². The first-order valence-electron chi connectivity index (χ1n) is 14.2. The van der Waals surface area contributed by atoms with Crippen molar-refractivity contribution in [3.8, 4) is 0 Å². The minimum atomic E-state index is -0.833. The predicted octanol–water partition coefficient (Wildman–Crippen LogP) is 4.08. The standard InChI is InChI=1S/C28H46N2O6.C2H4O2/c1-6-7-10-13-23(35-21(2)31)16-17-25-24(26(33)20-27(25)36-22(3)32)14-11-8-9-12-15-28(34)29-18-19-30(4)5;1-2(3)4/h8,11,16-17,23-25,27H,6-7,9-10,12-15,18-20H2,1-5H3,(H,29,34);1H3,(H,3,4)/b11-8-,17-16+;/t23-,24+,25+,27+;/m0./s1. The molecule has 0 spiro atoms. The second kappa shape index (κ2) is 21.8. The fourth-order valence-corrected chi connectivity index (χ4v) is 4.34. The van der Waals surface area contributed by atoms with Crippen LogP contribution in [0.4, 0.5) is 0 Å². The van der Waals surface area contributed by atoms with Crippen molar-refractivity contribution in [1.82, 2.24) is 10.2 Å². The average Bonchev–Trinajstić information content (AvgIpc) is 3.11. The van der Waals surface area contributed by atoms with E-state index in [-0.39, 0.29) is 42.0 Å². The predicted molar refractivity (Wildman–Crippen MR) is 153 cm³/mol. The Morgan fingerprint density at radius 2 is 1.75 bits per heavy atom. The third-order valence-corrected chi connectivity index (χ3v) is 6.20. The first-order valence-corrected chi connectivity index (χ1v) is 14.2. The summed E-state index contributed by atoms with van der Waals surface area (Å²) in [5, 5.41) is 10.3. The van der Waals surface area contributed by atoms with Gasteiger partial charge in [-0.05, 0) is 52.3 Å². The summed E-state index contributed by atoms with van der Waals surface area (Å²) in [5.74, 6) is -2.04. The van der Waals surface area contributed by atoms with E-state index in [1.807, 2.05) is 43.3 Å². The number of rotatable bonds is 17. The lowest BCUT2D eigenvalue weighted by atomic mass is 9.90. The molecule has 0 saturated heterocycles. The number of hydrogen-bond donors (Lipinski definition) is 2. The monoisotopic (exact) mass is 566 g/mol. The van der Waals surface area contributed by atoms with Crippen LogP contribution in [0.1, 0.15) is 85.5 Å². The Morgan fingerprint density at radius 1 is 1.07 bits per heavy atom. The van der Waals surface area contributed by atoms with E-state index < -0.39 is 18.0 Å². The molecule has 40 heavy (non-hydrogen) atoms. The number of carboxylic acid groups (broad SMARTS) is 1. The van der Waals surface area contributed by atoms with Crippen LogP contribution >= 0.6 is 0 Å². The van der Waals surface area contributed by atoms with Gasteiger partial charge in [0.25, 0.3) is 5.97 Å². The Morgan fingerprint density at radius 3 is 2.33 bits per heavy atom. The van der Waals surface area contributed by atoms with Crippen LogP contribution in [0.2, 0.25) is 0 Å². The minimum absolute atomic E-state index is 0.0481. The van der Waals surface area contributed by atoms with Gasteiger partial charge in [0.1, 0.15) is 18.0 Å². The molecule has 0 aliphatic heterocycles. The van der Waals surface area contributed by atoms with Crippen molar-refractivity contribution in [2.75, 3.05) is 27.2 Å². The van der Waals surface area contributed by atoms with E-state index in [2.05, 4.69) is 12.2 Å². The molecule has 4 atom stereocenters. The maximum atomic E-state index is 12.8. The van der Waals surface area contributed by atoms with Gasteiger partial charge < -0.3 is 24.8 Å². The molecule has 0 bridgehead atoms.